The van der Waals surface area contributed by atoms with Crippen LogP contribution < -0.4 is 10.9 Å². The summed E-state index contributed by atoms with van der Waals surface area (Å²) in [5, 5.41) is 3.54. The van der Waals surface area contributed by atoms with Gasteiger partial charge in [0.25, 0.3) is 6.01 Å². The van der Waals surface area contributed by atoms with E-state index in [0.717, 1.165) is 11.1 Å². The number of nitrogens with zero attached hydrogens (tertiary/aromatic N) is 1. The van der Waals surface area contributed by atoms with Crippen LogP contribution in [0, 0.1) is 13.8 Å². The summed E-state index contributed by atoms with van der Waals surface area (Å²) in [4.78, 5) is 16.2. The van der Waals surface area contributed by atoms with Crippen LogP contribution in [-0.2, 0) is 0 Å². The Labute approximate surface area is 99.7 Å². The molecular weight excluding hydrogens is 216 g/mol. The molecular formula is C13H16N2O2. The number of nitrogens with one attached hydrogen (secondary N) is 1. The lowest BCUT2D eigenvalue weighted by atomic mass is 10.1. The van der Waals surface area contributed by atoms with Crippen LogP contribution in [0.15, 0.2) is 21.3 Å². The molecule has 0 saturated heterocycles. The molecule has 0 spiro atoms. The molecule has 90 valence electrons. The second kappa shape index (κ2) is 4.20. The van der Waals surface area contributed by atoms with Gasteiger partial charge in [0, 0.05) is 6.04 Å². The van der Waals surface area contributed by atoms with Crippen molar-refractivity contribution in [3.8, 4) is 0 Å². The fourth-order valence-corrected chi connectivity index (χ4v) is 1.69. The van der Waals surface area contributed by atoms with Crippen LogP contribution in [0.4, 0.5) is 6.01 Å². The molecule has 2 rings (SSSR count). The first kappa shape index (κ1) is 11.6. The van der Waals surface area contributed by atoms with E-state index in [4.69, 9.17) is 4.42 Å². The second-order valence-corrected chi connectivity index (χ2v) is 4.51. The van der Waals surface area contributed by atoms with Crippen molar-refractivity contribution in [2.45, 2.75) is 33.7 Å². The van der Waals surface area contributed by atoms with Gasteiger partial charge < -0.3 is 9.73 Å². The monoisotopic (exact) mass is 232 g/mol. The lowest BCUT2D eigenvalue weighted by molar-refractivity contribution is 0.511. The third kappa shape index (κ3) is 2.16. The van der Waals surface area contributed by atoms with Crippen LogP contribution in [0.5, 0.6) is 0 Å². The van der Waals surface area contributed by atoms with Crippen molar-refractivity contribution in [3.05, 3.63) is 33.7 Å². The number of fused-ring (bicyclic) bond motifs is 1. The second-order valence-electron chi connectivity index (χ2n) is 4.51. The van der Waals surface area contributed by atoms with E-state index in [-0.39, 0.29) is 17.7 Å². The van der Waals surface area contributed by atoms with Gasteiger partial charge in [0.05, 0.1) is 10.9 Å². The highest BCUT2D eigenvalue weighted by molar-refractivity contribution is 5.82. The number of anilines is 1. The molecule has 0 saturated carbocycles. The summed E-state index contributed by atoms with van der Waals surface area (Å²) in [5.41, 5.74) is 2.50. The number of aromatic nitrogens is 1. The maximum absolute atomic E-state index is 11.8. The highest BCUT2D eigenvalue weighted by Gasteiger charge is 2.10. The Balaban J connectivity index is 2.70. The van der Waals surface area contributed by atoms with E-state index < -0.39 is 0 Å². The van der Waals surface area contributed by atoms with E-state index in [1.165, 1.54) is 0 Å². The zero-order chi connectivity index (χ0) is 12.6. The molecule has 0 aliphatic carbocycles. The predicted octanol–water partition coefficient (Wildman–Crippen LogP) is 2.63. The number of benzene rings is 1. The van der Waals surface area contributed by atoms with Crippen LogP contribution in [-0.4, -0.2) is 11.0 Å². The first-order chi connectivity index (χ1) is 7.99. The average Bonchev–Trinajstić information content (AvgIpc) is 2.23. The number of rotatable bonds is 2. The van der Waals surface area contributed by atoms with Crippen molar-refractivity contribution in [2.75, 3.05) is 5.32 Å². The Bertz CT molecular complexity index is 615. The Morgan fingerprint density at radius 3 is 2.65 bits per heavy atom. The Morgan fingerprint density at radius 2 is 2.00 bits per heavy atom. The minimum Gasteiger partial charge on any atom is -0.389 e. The molecule has 0 aliphatic heterocycles. The first-order valence-electron chi connectivity index (χ1n) is 5.66. The van der Waals surface area contributed by atoms with E-state index in [2.05, 4.69) is 10.3 Å². The maximum Gasteiger partial charge on any atom is 0.348 e. The largest absolute Gasteiger partial charge is 0.389 e. The molecule has 1 N–H and O–H groups in total. The molecule has 4 heteroatoms. The minimum atomic E-state index is -0.346. The highest BCUT2D eigenvalue weighted by atomic mass is 16.4. The topological polar surface area (TPSA) is 55.1 Å². The molecule has 1 heterocycles. The number of aryl methyl sites for hydroxylation is 2. The van der Waals surface area contributed by atoms with Crippen LogP contribution in [0.25, 0.3) is 10.9 Å². The predicted molar refractivity (Wildman–Crippen MR) is 68.5 cm³/mol. The van der Waals surface area contributed by atoms with Gasteiger partial charge in [0.15, 0.2) is 0 Å². The van der Waals surface area contributed by atoms with Crippen LogP contribution in [0.2, 0.25) is 0 Å². The summed E-state index contributed by atoms with van der Waals surface area (Å²) < 4.78 is 5.12. The van der Waals surface area contributed by atoms with Gasteiger partial charge in [-0.2, -0.15) is 4.98 Å². The summed E-state index contributed by atoms with van der Waals surface area (Å²) >= 11 is 0. The van der Waals surface area contributed by atoms with Crippen molar-refractivity contribution in [2.24, 2.45) is 0 Å². The third-order valence-corrected chi connectivity index (χ3v) is 2.74. The van der Waals surface area contributed by atoms with E-state index in [0.29, 0.717) is 10.9 Å². The molecule has 1 aromatic heterocycles. The zero-order valence-corrected chi connectivity index (χ0v) is 10.5. The molecule has 2 aromatic rings. The lowest BCUT2D eigenvalue weighted by Crippen LogP contribution is -2.14. The van der Waals surface area contributed by atoms with Crippen molar-refractivity contribution in [1.29, 1.82) is 0 Å². The summed E-state index contributed by atoms with van der Waals surface area (Å²) in [6, 6.07) is 4.13. The van der Waals surface area contributed by atoms with Gasteiger partial charge in [-0.05, 0) is 44.9 Å². The minimum absolute atomic E-state index is 0.174. The standard InChI is InChI=1S/C13H16N2O2/c1-7(2)14-13-15-11-9(4)8(3)5-6-10(11)12(16)17-13/h5-7H,1-4H3,(H,14,15). The SMILES string of the molecule is Cc1ccc2c(=O)oc(NC(C)C)nc2c1C. The Morgan fingerprint density at radius 1 is 1.29 bits per heavy atom. The first-order valence-corrected chi connectivity index (χ1v) is 5.66. The van der Waals surface area contributed by atoms with E-state index in [1.807, 2.05) is 33.8 Å². The zero-order valence-electron chi connectivity index (χ0n) is 10.5. The van der Waals surface area contributed by atoms with Crippen molar-refractivity contribution < 1.29 is 4.42 Å². The van der Waals surface area contributed by atoms with Crippen LogP contribution in [0.3, 0.4) is 0 Å². The summed E-state index contributed by atoms with van der Waals surface area (Å²) in [7, 11) is 0. The Kier molecular flexibility index (Phi) is 2.88. The van der Waals surface area contributed by atoms with Gasteiger partial charge in [0.2, 0.25) is 0 Å². The number of hydrogen-bond donors (Lipinski definition) is 1. The molecule has 0 bridgehead atoms. The number of hydrogen-bond acceptors (Lipinski definition) is 4. The molecule has 0 radical (unpaired) electrons. The molecule has 0 fully saturated rings. The molecule has 0 unspecified atom stereocenters. The van der Waals surface area contributed by atoms with E-state index in [9.17, 15) is 4.79 Å². The molecule has 0 atom stereocenters. The van der Waals surface area contributed by atoms with Crippen LogP contribution >= 0.6 is 0 Å². The third-order valence-electron chi connectivity index (χ3n) is 2.74. The molecule has 17 heavy (non-hydrogen) atoms. The summed E-state index contributed by atoms with van der Waals surface area (Å²) in [6.07, 6.45) is 0. The van der Waals surface area contributed by atoms with Gasteiger partial charge in [-0.15, -0.1) is 0 Å². The van der Waals surface area contributed by atoms with Gasteiger partial charge in [-0.1, -0.05) is 6.07 Å². The molecule has 4 nitrogen and oxygen atoms in total. The van der Waals surface area contributed by atoms with Gasteiger partial charge >= 0.3 is 5.63 Å². The fourth-order valence-electron chi connectivity index (χ4n) is 1.69. The van der Waals surface area contributed by atoms with Gasteiger partial charge in [-0.3, -0.25) is 0 Å². The van der Waals surface area contributed by atoms with Crippen molar-refractivity contribution >= 4 is 16.9 Å². The highest BCUT2D eigenvalue weighted by Crippen LogP contribution is 2.18. The van der Waals surface area contributed by atoms with Gasteiger partial charge in [0.1, 0.15) is 0 Å². The molecule has 0 aliphatic rings. The van der Waals surface area contributed by atoms with E-state index >= 15 is 0 Å². The van der Waals surface area contributed by atoms with Crippen molar-refractivity contribution in [3.63, 3.8) is 0 Å². The average molecular weight is 232 g/mol. The Hall–Kier alpha value is -1.84. The lowest BCUT2D eigenvalue weighted by Gasteiger charge is -2.09. The van der Waals surface area contributed by atoms with Gasteiger partial charge in [-0.25, -0.2) is 4.79 Å². The summed E-state index contributed by atoms with van der Waals surface area (Å²) in [6.45, 7) is 7.90. The summed E-state index contributed by atoms with van der Waals surface area (Å²) in [5.74, 6) is 0. The van der Waals surface area contributed by atoms with E-state index in [1.54, 1.807) is 6.07 Å². The molecule has 1 aromatic carbocycles. The fraction of sp³-hybridized carbons (Fsp3) is 0.385. The maximum atomic E-state index is 11.8. The van der Waals surface area contributed by atoms with Crippen LogP contribution in [0.1, 0.15) is 25.0 Å². The smallest absolute Gasteiger partial charge is 0.348 e. The normalized spacial score (nSPS) is 11.1. The van der Waals surface area contributed by atoms with Crippen molar-refractivity contribution in [1.82, 2.24) is 4.98 Å². The quantitative estimate of drug-likeness (QED) is 0.864. The molecule has 0 amide bonds.